The summed E-state index contributed by atoms with van der Waals surface area (Å²) in [5.41, 5.74) is 2.40. The number of nitrogens with zero attached hydrogens (tertiary/aromatic N) is 2. The van der Waals surface area contributed by atoms with E-state index in [2.05, 4.69) is 22.1 Å². The van der Waals surface area contributed by atoms with Gasteiger partial charge in [0.15, 0.2) is 0 Å². The Balaban J connectivity index is 1.97. The largest absolute Gasteiger partial charge is 0.265 e. The Kier molecular flexibility index (Phi) is 3.23. The van der Waals surface area contributed by atoms with E-state index < -0.39 is 0 Å². The van der Waals surface area contributed by atoms with E-state index in [1.165, 1.54) is 5.56 Å². The molecule has 0 aromatic carbocycles. The van der Waals surface area contributed by atoms with Gasteiger partial charge in [0.25, 0.3) is 0 Å². The fraction of sp³-hybridized carbons (Fsp3) is 0.0769. The van der Waals surface area contributed by atoms with Crippen LogP contribution in [0.15, 0.2) is 55.1 Å². The first kappa shape index (κ1) is 9.59. The van der Waals surface area contributed by atoms with Gasteiger partial charge in [-0.1, -0.05) is 18.2 Å². The molecule has 0 bridgehead atoms. The zero-order valence-electron chi connectivity index (χ0n) is 8.38. The molecule has 0 unspecified atom stereocenters. The van der Waals surface area contributed by atoms with E-state index in [1.807, 2.05) is 42.9 Å². The van der Waals surface area contributed by atoms with Crippen LogP contribution in [-0.2, 0) is 6.42 Å². The van der Waals surface area contributed by atoms with Crippen LogP contribution in [-0.4, -0.2) is 9.97 Å². The van der Waals surface area contributed by atoms with Gasteiger partial charge in [-0.2, -0.15) is 0 Å². The molecule has 2 heterocycles. The van der Waals surface area contributed by atoms with Crippen LogP contribution in [0, 0.1) is 0 Å². The van der Waals surface area contributed by atoms with Crippen molar-refractivity contribution in [2.75, 3.05) is 0 Å². The van der Waals surface area contributed by atoms with Gasteiger partial charge in [0.05, 0.1) is 0 Å². The highest BCUT2D eigenvalue weighted by Gasteiger charge is 1.87. The molecule has 2 aromatic rings. The van der Waals surface area contributed by atoms with E-state index >= 15 is 0 Å². The molecule has 0 aliphatic rings. The highest BCUT2D eigenvalue weighted by atomic mass is 14.6. The number of pyridine rings is 2. The summed E-state index contributed by atoms with van der Waals surface area (Å²) in [5, 5.41) is 0. The van der Waals surface area contributed by atoms with Gasteiger partial charge in [-0.15, -0.1) is 0 Å². The van der Waals surface area contributed by atoms with Crippen molar-refractivity contribution in [1.29, 1.82) is 0 Å². The zero-order valence-corrected chi connectivity index (χ0v) is 8.38. The summed E-state index contributed by atoms with van der Waals surface area (Å²) >= 11 is 0. The molecule has 74 valence electrons. The monoisotopic (exact) mass is 196 g/mol. The molecule has 15 heavy (non-hydrogen) atoms. The van der Waals surface area contributed by atoms with Gasteiger partial charge in [-0.05, 0) is 35.7 Å². The first-order valence-corrected chi connectivity index (χ1v) is 4.90. The van der Waals surface area contributed by atoms with Crippen molar-refractivity contribution in [1.82, 2.24) is 9.97 Å². The van der Waals surface area contributed by atoms with Gasteiger partial charge in [0.2, 0.25) is 0 Å². The summed E-state index contributed by atoms with van der Waals surface area (Å²) in [5.74, 6) is 0. The minimum atomic E-state index is 0.928. The van der Waals surface area contributed by atoms with E-state index in [0.29, 0.717) is 0 Å². The number of rotatable bonds is 3. The lowest BCUT2D eigenvalue weighted by molar-refractivity contribution is 1.21. The quantitative estimate of drug-likeness (QED) is 0.754. The predicted molar refractivity (Wildman–Crippen MR) is 61.2 cm³/mol. The minimum absolute atomic E-state index is 0.928. The Hall–Kier alpha value is -1.96. The third-order valence-corrected chi connectivity index (χ3v) is 2.10. The lowest BCUT2D eigenvalue weighted by Crippen LogP contribution is -1.80. The molecular formula is C13H12N2. The smallest absolute Gasteiger partial charge is 0.0340 e. The van der Waals surface area contributed by atoms with Gasteiger partial charge >= 0.3 is 0 Å². The third kappa shape index (κ3) is 3.02. The second-order valence-corrected chi connectivity index (χ2v) is 3.25. The number of hydrogen-bond acceptors (Lipinski definition) is 2. The summed E-state index contributed by atoms with van der Waals surface area (Å²) in [6, 6.07) is 8.02. The molecule has 2 heteroatoms. The van der Waals surface area contributed by atoms with E-state index in [4.69, 9.17) is 0 Å². The molecule has 0 saturated heterocycles. The van der Waals surface area contributed by atoms with Gasteiger partial charge in [0.1, 0.15) is 0 Å². The van der Waals surface area contributed by atoms with Crippen LogP contribution in [0.5, 0.6) is 0 Å². The second-order valence-electron chi connectivity index (χ2n) is 3.25. The highest BCUT2D eigenvalue weighted by molar-refractivity contribution is 5.47. The summed E-state index contributed by atoms with van der Waals surface area (Å²) in [6.45, 7) is 0. The molecule has 2 nitrogen and oxygen atoms in total. The lowest BCUT2D eigenvalue weighted by Gasteiger charge is -1.94. The second kappa shape index (κ2) is 5.05. The molecule has 0 saturated carbocycles. The van der Waals surface area contributed by atoms with E-state index in [0.717, 1.165) is 12.0 Å². The van der Waals surface area contributed by atoms with Crippen molar-refractivity contribution < 1.29 is 0 Å². The SMILES string of the molecule is C(=C\c1cccnc1)/Cc1ccncc1. The van der Waals surface area contributed by atoms with Gasteiger partial charge < -0.3 is 0 Å². The molecule has 0 radical (unpaired) electrons. The maximum atomic E-state index is 4.05. The van der Waals surface area contributed by atoms with Crippen molar-refractivity contribution >= 4 is 6.08 Å². The first-order chi connectivity index (χ1) is 7.45. The van der Waals surface area contributed by atoms with Crippen LogP contribution in [0.2, 0.25) is 0 Å². The summed E-state index contributed by atoms with van der Waals surface area (Å²) in [4.78, 5) is 8.03. The average molecular weight is 196 g/mol. The number of hydrogen-bond donors (Lipinski definition) is 0. The molecular weight excluding hydrogens is 184 g/mol. The van der Waals surface area contributed by atoms with Crippen molar-refractivity contribution in [2.45, 2.75) is 6.42 Å². The Morgan fingerprint density at radius 1 is 1.00 bits per heavy atom. The average Bonchev–Trinajstić information content (AvgIpc) is 2.32. The molecule has 0 atom stereocenters. The predicted octanol–water partition coefficient (Wildman–Crippen LogP) is 2.73. The standard InChI is InChI=1S/C13H12N2/c1(3-12-6-9-14-10-7-12)4-13-5-2-8-15-11-13/h1-2,4-11H,3H2/b4-1+. The molecule has 0 aliphatic carbocycles. The Bertz CT molecular complexity index is 421. The Morgan fingerprint density at radius 2 is 1.87 bits per heavy atom. The third-order valence-electron chi connectivity index (χ3n) is 2.10. The normalized spacial score (nSPS) is 10.7. The Morgan fingerprint density at radius 3 is 2.60 bits per heavy atom. The van der Waals surface area contributed by atoms with E-state index in [1.54, 1.807) is 6.20 Å². The van der Waals surface area contributed by atoms with Crippen molar-refractivity contribution in [3.63, 3.8) is 0 Å². The molecule has 2 aromatic heterocycles. The number of aromatic nitrogens is 2. The topological polar surface area (TPSA) is 25.8 Å². The highest BCUT2D eigenvalue weighted by Crippen LogP contribution is 2.02. The van der Waals surface area contributed by atoms with Crippen molar-refractivity contribution in [3.8, 4) is 0 Å². The van der Waals surface area contributed by atoms with Crippen LogP contribution in [0.3, 0.4) is 0 Å². The van der Waals surface area contributed by atoms with Crippen molar-refractivity contribution in [3.05, 3.63) is 66.3 Å². The maximum Gasteiger partial charge on any atom is 0.0340 e. The Labute approximate surface area is 89.3 Å². The fourth-order valence-electron chi connectivity index (χ4n) is 1.32. The zero-order chi connectivity index (χ0) is 10.3. The first-order valence-electron chi connectivity index (χ1n) is 4.90. The van der Waals surface area contributed by atoms with Gasteiger partial charge in [0, 0.05) is 24.8 Å². The molecule has 2 rings (SSSR count). The van der Waals surface area contributed by atoms with Crippen LogP contribution >= 0.6 is 0 Å². The summed E-state index contributed by atoms with van der Waals surface area (Å²) < 4.78 is 0. The van der Waals surface area contributed by atoms with Crippen LogP contribution < -0.4 is 0 Å². The van der Waals surface area contributed by atoms with Crippen LogP contribution in [0.1, 0.15) is 11.1 Å². The minimum Gasteiger partial charge on any atom is -0.265 e. The summed E-state index contributed by atoms with van der Waals surface area (Å²) in [7, 11) is 0. The molecule has 0 fully saturated rings. The van der Waals surface area contributed by atoms with Crippen LogP contribution in [0.25, 0.3) is 6.08 Å². The molecule has 0 N–H and O–H groups in total. The molecule has 0 amide bonds. The van der Waals surface area contributed by atoms with Crippen molar-refractivity contribution in [2.24, 2.45) is 0 Å². The van der Waals surface area contributed by atoms with E-state index in [-0.39, 0.29) is 0 Å². The lowest BCUT2D eigenvalue weighted by atomic mass is 10.1. The van der Waals surface area contributed by atoms with Gasteiger partial charge in [-0.25, -0.2) is 0 Å². The van der Waals surface area contributed by atoms with E-state index in [9.17, 15) is 0 Å². The number of allylic oxidation sites excluding steroid dienone is 1. The molecule has 0 aliphatic heterocycles. The summed E-state index contributed by atoms with van der Waals surface area (Å²) in [6.07, 6.45) is 12.4. The van der Waals surface area contributed by atoms with Crippen LogP contribution in [0.4, 0.5) is 0 Å². The fourth-order valence-corrected chi connectivity index (χ4v) is 1.32. The maximum absolute atomic E-state index is 4.05. The molecule has 0 spiro atoms. The van der Waals surface area contributed by atoms with Gasteiger partial charge in [-0.3, -0.25) is 9.97 Å².